The third-order valence-corrected chi connectivity index (χ3v) is 3.68. The Morgan fingerprint density at radius 3 is 2.76 bits per heavy atom. The molecule has 3 nitrogen and oxygen atoms in total. The van der Waals surface area contributed by atoms with Gasteiger partial charge in [-0.2, -0.15) is 0 Å². The van der Waals surface area contributed by atoms with Gasteiger partial charge in [0.15, 0.2) is 0 Å². The van der Waals surface area contributed by atoms with E-state index < -0.39 is 0 Å². The summed E-state index contributed by atoms with van der Waals surface area (Å²) < 4.78 is 2.12. The standard InChI is InChI=1S/C11H7Cl2IN2O/c12-8-2-1-7(3-9(8)13)5-16-6-15-4-10(14)11(16)17/h1-4,6H,5H2. The van der Waals surface area contributed by atoms with Crippen molar-refractivity contribution >= 4 is 45.8 Å². The van der Waals surface area contributed by atoms with Crippen LogP contribution < -0.4 is 5.56 Å². The normalized spacial score (nSPS) is 10.5. The number of rotatable bonds is 2. The van der Waals surface area contributed by atoms with Crippen molar-refractivity contribution in [2.75, 3.05) is 0 Å². The first-order valence-corrected chi connectivity index (χ1v) is 6.55. The van der Waals surface area contributed by atoms with Crippen LogP contribution in [0.1, 0.15) is 5.56 Å². The van der Waals surface area contributed by atoms with E-state index in [1.165, 1.54) is 17.1 Å². The van der Waals surface area contributed by atoms with Gasteiger partial charge < -0.3 is 0 Å². The molecule has 6 heteroatoms. The Kier molecular flexibility index (Phi) is 4.06. The minimum atomic E-state index is -0.0633. The topological polar surface area (TPSA) is 34.9 Å². The third-order valence-electron chi connectivity index (χ3n) is 2.20. The van der Waals surface area contributed by atoms with Crippen molar-refractivity contribution < 1.29 is 0 Å². The minimum absolute atomic E-state index is 0.0633. The van der Waals surface area contributed by atoms with Gasteiger partial charge in [-0.1, -0.05) is 29.3 Å². The van der Waals surface area contributed by atoms with Gasteiger partial charge in [-0.3, -0.25) is 9.36 Å². The third kappa shape index (κ3) is 3.00. The summed E-state index contributed by atoms with van der Waals surface area (Å²) in [6.45, 7) is 0.430. The lowest BCUT2D eigenvalue weighted by molar-refractivity contribution is 0.730. The molecule has 1 heterocycles. The molecule has 0 spiro atoms. The van der Waals surface area contributed by atoms with Crippen LogP contribution >= 0.6 is 45.8 Å². The average molecular weight is 381 g/mol. The molecule has 0 fully saturated rings. The summed E-state index contributed by atoms with van der Waals surface area (Å²) in [7, 11) is 0. The predicted molar refractivity (Wildman–Crippen MR) is 76.8 cm³/mol. The molecule has 0 N–H and O–H groups in total. The van der Waals surface area contributed by atoms with Gasteiger partial charge in [-0.05, 0) is 40.3 Å². The zero-order chi connectivity index (χ0) is 12.4. The van der Waals surface area contributed by atoms with Gasteiger partial charge in [-0.25, -0.2) is 4.98 Å². The Labute approximate surface area is 122 Å². The fourth-order valence-electron chi connectivity index (χ4n) is 1.37. The molecular weight excluding hydrogens is 374 g/mol. The van der Waals surface area contributed by atoms with Crippen molar-refractivity contribution in [2.24, 2.45) is 0 Å². The summed E-state index contributed by atoms with van der Waals surface area (Å²) in [6, 6.07) is 5.29. The SMILES string of the molecule is O=c1c(I)cncn1Cc1ccc(Cl)c(Cl)c1. The van der Waals surface area contributed by atoms with E-state index in [0.29, 0.717) is 20.2 Å². The highest BCUT2D eigenvalue weighted by atomic mass is 127. The van der Waals surface area contributed by atoms with Gasteiger partial charge in [0.05, 0.1) is 26.5 Å². The Balaban J connectivity index is 2.35. The number of halogens is 3. The fourth-order valence-corrected chi connectivity index (χ4v) is 2.16. The van der Waals surface area contributed by atoms with Crippen LogP contribution in [0.2, 0.25) is 10.0 Å². The smallest absolute Gasteiger partial charge is 0.267 e. The van der Waals surface area contributed by atoms with E-state index in [0.717, 1.165) is 5.56 Å². The molecule has 0 aliphatic carbocycles. The molecule has 0 aliphatic heterocycles. The molecule has 0 saturated carbocycles. The lowest BCUT2D eigenvalue weighted by Gasteiger charge is -2.06. The molecule has 1 aromatic heterocycles. The van der Waals surface area contributed by atoms with Crippen LogP contribution in [-0.2, 0) is 6.54 Å². The van der Waals surface area contributed by atoms with Gasteiger partial charge in [0, 0.05) is 6.20 Å². The molecule has 0 radical (unpaired) electrons. The van der Waals surface area contributed by atoms with E-state index in [-0.39, 0.29) is 5.56 Å². The highest BCUT2D eigenvalue weighted by Gasteiger charge is 2.04. The number of nitrogens with zero attached hydrogens (tertiary/aromatic N) is 2. The second-order valence-corrected chi connectivity index (χ2v) is 5.40. The first-order valence-electron chi connectivity index (χ1n) is 4.72. The van der Waals surface area contributed by atoms with Gasteiger partial charge in [0.25, 0.3) is 5.56 Å². The van der Waals surface area contributed by atoms with Gasteiger partial charge in [0.1, 0.15) is 0 Å². The fraction of sp³-hybridized carbons (Fsp3) is 0.0909. The van der Waals surface area contributed by atoms with E-state index >= 15 is 0 Å². The van der Waals surface area contributed by atoms with Crippen molar-refractivity contribution in [3.05, 3.63) is 60.3 Å². The van der Waals surface area contributed by atoms with Crippen LogP contribution in [0.4, 0.5) is 0 Å². The molecule has 0 bridgehead atoms. The van der Waals surface area contributed by atoms with Crippen molar-refractivity contribution in [3.8, 4) is 0 Å². The second-order valence-electron chi connectivity index (χ2n) is 3.42. The van der Waals surface area contributed by atoms with Gasteiger partial charge in [-0.15, -0.1) is 0 Å². The van der Waals surface area contributed by atoms with Crippen LogP contribution in [0, 0.1) is 3.57 Å². The maximum absolute atomic E-state index is 11.8. The largest absolute Gasteiger partial charge is 0.294 e. The van der Waals surface area contributed by atoms with Gasteiger partial charge >= 0.3 is 0 Å². The molecule has 0 saturated heterocycles. The van der Waals surface area contributed by atoms with Crippen molar-refractivity contribution in [1.82, 2.24) is 9.55 Å². The summed E-state index contributed by atoms with van der Waals surface area (Å²) in [5.74, 6) is 0. The first kappa shape index (κ1) is 12.9. The molecular formula is C11H7Cl2IN2O. The molecule has 2 rings (SSSR count). The average Bonchev–Trinajstić information content (AvgIpc) is 2.30. The molecule has 0 aliphatic rings. The highest BCUT2D eigenvalue weighted by Crippen LogP contribution is 2.22. The van der Waals surface area contributed by atoms with E-state index in [9.17, 15) is 4.79 Å². The van der Waals surface area contributed by atoms with E-state index in [2.05, 4.69) is 4.98 Å². The van der Waals surface area contributed by atoms with Crippen molar-refractivity contribution in [1.29, 1.82) is 0 Å². The Morgan fingerprint density at radius 2 is 2.06 bits per heavy atom. The second kappa shape index (κ2) is 5.37. The zero-order valence-electron chi connectivity index (χ0n) is 8.53. The van der Waals surface area contributed by atoms with Crippen LogP contribution in [0.5, 0.6) is 0 Å². The summed E-state index contributed by atoms with van der Waals surface area (Å²) in [6.07, 6.45) is 3.04. The van der Waals surface area contributed by atoms with Crippen molar-refractivity contribution in [3.63, 3.8) is 0 Å². The zero-order valence-corrected chi connectivity index (χ0v) is 12.2. The quantitative estimate of drug-likeness (QED) is 0.750. The van der Waals surface area contributed by atoms with E-state index in [4.69, 9.17) is 23.2 Å². The molecule has 0 atom stereocenters. The monoisotopic (exact) mass is 380 g/mol. The molecule has 1 aromatic carbocycles. The Bertz CT molecular complexity index is 613. The molecule has 0 amide bonds. The number of aromatic nitrogens is 2. The minimum Gasteiger partial charge on any atom is -0.294 e. The van der Waals surface area contributed by atoms with Crippen molar-refractivity contribution in [2.45, 2.75) is 6.54 Å². The van der Waals surface area contributed by atoms with Crippen LogP contribution in [0.3, 0.4) is 0 Å². The lowest BCUT2D eigenvalue weighted by Crippen LogP contribution is -2.22. The first-order chi connectivity index (χ1) is 8.08. The van der Waals surface area contributed by atoms with Gasteiger partial charge in [0.2, 0.25) is 0 Å². The number of hydrogen-bond acceptors (Lipinski definition) is 2. The Hall–Kier alpha value is -0.590. The number of benzene rings is 1. The predicted octanol–water partition coefficient (Wildman–Crippen LogP) is 3.20. The molecule has 17 heavy (non-hydrogen) atoms. The maximum atomic E-state index is 11.8. The summed E-state index contributed by atoms with van der Waals surface area (Å²) in [5, 5.41) is 0.985. The van der Waals surface area contributed by atoms with Crippen LogP contribution in [-0.4, -0.2) is 9.55 Å². The summed E-state index contributed by atoms with van der Waals surface area (Å²) in [5.41, 5.74) is 0.844. The number of hydrogen-bond donors (Lipinski definition) is 0. The van der Waals surface area contributed by atoms with E-state index in [1.807, 2.05) is 28.7 Å². The lowest BCUT2D eigenvalue weighted by atomic mass is 10.2. The maximum Gasteiger partial charge on any atom is 0.267 e. The Morgan fingerprint density at radius 1 is 1.29 bits per heavy atom. The van der Waals surface area contributed by atoms with Crippen LogP contribution in [0.25, 0.3) is 0 Å². The van der Waals surface area contributed by atoms with E-state index in [1.54, 1.807) is 12.1 Å². The molecule has 2 aromatic rings. The summed E-state index contributed by atoms with van der Waals surface area (Å²) in [4.78, 5) is 15.8. The molecule has 0 unspecified atom stereocenters. The summed E-state index contributed by atoms with van der Waals surface area (Å²) >= 11 is 13.7. The van der Waals surface area contributed by atoms with Crippen LogP contribution in [0.15, 0.2) is 35.5 Å². The molecule has 88 valence electrons. The highest BCUT2D eigenvalue weighted by molar-refractivity contribution is 14.1.